The van der Waals surface area contributed by atoms with Crippen LogP contribution in [0.1, 0.15) is 13.8 Å². The minimum absolute atomic E-state index is 0.0129. The van der Waals surface area contributed by atoms with E-state index in [2.05, 4.69) is 24.2 Å². The van der Waals surface area contributed by atoms with E-state index in [-0.39, 0.29) is 12.3 Å². The Hall–Kier alpha value is -0.610. The Balaban J connectivity index is 2.70. The highest BCUT2D eigenvalue weighted by Gasteiger charge is 2.28. The topological polar surface area (TPSA) is 42.9 Å². The quantitative estimate of drug-likeness (QED) is 0.688. The predicted molar refractivity (Wildman–Crippen MR) is 51.9 cm³/mol. The van der Waals surface area contributed by atoms with E-state index >= 15 is 0 Å². The molecule has 0 aliphatic carbocycles. The summed E-state index contributed by atoms with van der Waals surface area (Å²) in [5.41, 5.74) is 0. The summed E-state index contributed by atoms with van der Waals surface area (Å²) in [6.07, 6.45) is 0.0129. The van der Waals surface area contributed by atoms with Gasteiger partial charge in [0.1, 0.15) is 6.23 Å². The second-order valence-electron chi connectivity index (χ2n) is 3.50. The minimum Gasteiger partial charge on any atom is -0.483 e. The molecule has 0 unspecified atom stereocenters. The molecule has 0 spiro atoms. The Labute approximate surface area is 79.3 Å². The van der Waals surface area contributed by atoms with Gasteiger partial charge in [0, 0.05) is 7.11 Å². The van der Waals surface area contributed by atoms with Gasteiger partial charge in [-0.1, -0.05) is 13.8 Å². The molecule has 4 heteroatoms. The van der Waals surface area contributed by atoms with Crippen LogP contribution < -0.4 is 5.32 Å². The maximum atomic E-state index is 5.28. The molecule has 0 aromatic carbocycles. The average molecular weight is 186 g/mol. The van der Waals surface area contributed by atoms with Crippen LogP contribution in [0.15, 0.2) is 4.99 Å². The van der Waals surface area contributed by atoms with Gasteiger partial charge in [0.2, 0.25) is 0 Å². The molecule has 0 bridgehead atoms. The van der Waals surface area contributed by atoms with Crippen LogP contribution in [0.3, 0.4) is 0 Å². The Kier molecular flexibility index (Phi) is 3.69. The fourth-order valence-electron chi connectivity index (χ4n) is 1.43. The standard InChI is InChI=1S/C9H18N2O2/c1-6(2)8-9(13-4)10-5-7(11-8)12-3/h6,8-10H,5H2,1-4H3/t8-,9-/m0/s1. The second kappa shape index (κ2) is 4.58. The van der Waals surface area contributed by atoms with Crippen molar-refractivity contribution in [3.8, 4) is 0 Å². The molecule has 0 aromatic heterocycles. The second-order valence-corrected chi connectivity index (χ2v) is 3.50. The minimum atomic E-state index is 0.0129. The summed E-state index contributed by atoms with van der Waals surface area (Å²) in [5.74, 6) is 1.20. The van der Waals surface area contributed by atoms with Crippen molar-refractivity contribution < 1.29 is 9.47 Å². The highest BCUT2D eigenvalue weighted by atomic mass is 16.5. The molecular weight excluding hydrogens is 168 g/mol. The number of aliphatic imine (C=N–C) groups is 1. The largest absolute Gasteiger partial charge is 0.483 e. The van der Waals surface area contributed by atoms with Crippen LogP contribution in [-0.2, 0) is 9.47 Å². The average Bonchev–Trinajstić information content (AvgIpc) is 2.16. The number of ether oxygens (including phenoxy) is 2. The van der Waals surface area contributed by atoms with Gasteiger partial charge in [0.15, 0.2) is 5.90 Å². The maximum Gasteiger partial charge on any atom is 0.197 e. The summed E-state index contributed by atoms with van der Waals surface area (Å²) in [6, 6.07) is 0.147. The summed E-state index contributed by atoms with van der Waals surface area (Å²) in [4.78, 5) is 4.46. The molecule has 2 atom stereocenters. The van der Waals surface area contributed by atoms with E-state index < -0.39 is 0 Å². The van der Waals surface area contributed by atoms with E-state index in [0.29, 0.717) is 12.5 Å². The fourth-order valence-corrected chi connectivity index (χ4v) is 1.43. The first kappa shape index (κ1) is 10.5. The van der Waals surface area contributed by atoms with Crippen molar-refractivity contribution in [3.05, 3.63) is 0 Å². The van der Waals surface area contributed by atoms with Crippen LogP contribution >= 0.6 is 0 Å². The third-order valence-electron chi connectivity index (χ3n) is 2.23. The highest BCUT2D eigenvalue weighted by molar-refractivity contribution is 5.79. The van der Waals surface area contributed by atoms with Crippen LogP contribution in [0.5, 0.6) is 0 Å². The summed E-state index contributed by atoms with van der Waals surface area (Å²) in [5, 5.41) is 3.22. The Morgan fingerprint density at radius 3 is 2.62 bits per heavy atom. The molecule has 0 amide bonds. The van der Waals surface area contributed by atoms with Gasteiger partial charge in [-0.15, -0.1) is 0 Å². The number of hydrogen-bond donors (Lipinski definition) is 1. The van der Waals surface area contributed by atoms with Crippen molar-refractivity contribution >= 4 is 5.90 Å². The Morgan fingerprint density at radius 1 is 1.46 bits per heavy atom. The molecule has 1 N–H and O–H groups in total. The molecule has 0 saturated heterocycles. The molecule has 0 saturated carbocycles. The van der Waals surface area contributed by atoms with Crippen molar-refractivity contribution in [2.45, 2.75) is 26.1 Å². The zero-order chi connectivity index (χ0) is 9.84. The molecule has 0 radical (unpaired) electrons. The van der Waals surface area contributed by atoms with Crippen LogP contribution in [0, 0.1) is 5.92 Å². The molecule has 1 aliphatic heterocycles. The van der Waals surface area contributed by atoms with Gasteiger partial charge in [-0.05, 0) is 5.92 Å². The third-order valence-corrected chi connectivity index (χ3v) is 2.23. The van der Waals surface area contributed by atoms with Crippen LogP contribution in [0.2, 0.25) is 0 Å². The number of nitrogens with zero attached hydrogens (tertiary/aromatic N) is 1. The summed E-state index contributed by atoms with van der Waals surface area (Å²) >= 11 is 0. The third kappa shape index (κ3) is 2.42. The zero-order valence-corrected chi connectivity index (χ0v) is 8.70. The van der Waals surface area contributed by atoms with E-state index in [1.807, 2.05) is 0 Å². The van der Waals surface area contributed by atoms with Crippen LogP contribution in [0.4, 0.5) is 0 Å². The van der Waals surface area contributed by atoms with Crippen molar-refractivity contribution in [2.24, 2.45) is 10.9 Å². The Morgan fingerprint density at radius 2 is 2.15 bits per heavy atom. The molecule has 1 rings (SSSR count). The number of rotatable bonds is 2. The lowest BCUT2D eigenvalue weighted by Crippen LogP contribution is -2.49. The molecule has 76 valence electrons. The summed E-state index contributed by atoms with van der Waals surface area (Å²) in [7, 11) is 3.34. The zero-order valence-electron chi connectivity index (χ0n) is 8.70. The molecule has 1 heterocycles. The normalized spacial score (nSPS) is 28.8. The van der Waals surface area contributed by atoms with Crippen LogP contribution in [-0.4, -0.2) is 38.9 Å². The van der Waals surface area contributed by atoms with Gasteiger partial charge < -0.3 is 9.47 Å². The van der Waals surface area contributed by atoms with Gasteiger partial charge in [-0.25, -0.2) is 4.99 Å². The smallest absolute Gasteiger partial charge is 0.197 e. The van der Waals surface area contributed by atoms with Crippen molar-refractivity contribution in [1.29, 1.82) is 0 Å². The first-order valence-corrected chi connectivity index (χ1v) is 4.56. The van der Waals surface area contributed by atoms with Crippen molar-refractivity contribution in [3.63, 3.8) is 0 Å². The first-order valence-electron chi connectivity index (χ1n) is 4.56. The van der Waals surface area contributed by atoms with Gasteiger partial charge >= 0.3 is 0 Å². The van der Waals surface area contributed by atoms with E-state index in [1.165, 1.54) is 0 Å². The van der Waals surface area contributed by atoms with Gasteiger partial charge in [-0.2, -0.15) is 0 Å². The molecule has 4 nitrogen and oxygen atoms in total. The molecule has 0 aromatic rings. The van der Waals surface area contributed by atoms with Gasteiger partial charge in [-0.3, -0.25) is 5.32 Å². The van der Waals surface area contributed by atoms with Crippen molar-refractivity contribution in [1.82, 2.24) is 5.32 Å². The van der Waals surface area contributed by atoms with E-state index in [1.54, 1.807) is 14.2 Å². The maximum absolute atomic E-state index is 5.28. The fraction of sp³-hybridized carbons (Fsp3) is 0.889. The highest BCUT2D eigenvalue weighted by Crippen LogP contribution is 2.15. The molecule has 1 aliphatic rings. The summed E-state index contributed by atoms with van der Waals surface area (Å²) in [6.45, 7) is 4.90. The number of methoxy groups -OCH3 is 2. The van der Waals surface area contributed by atoms with Crippen LogP contribution in [0.25, 0.3) is 0 Å². The number of nitrogens with one attached hydrogen (secondary N) is 1. The van der Waals surface area contributed by atoms with E-state index in [4.69, 9.17) is 9.47 Å². The molecule has 0 fully saturated rings. The van der Waals surface area contributed by atoms with E-state index in [0.717, 1.165) is 5.90 Å². The molecular formula is C9H18N2O2. The SMILES string of the molecule is COC1=N[C@@H](C(C)C)[C@H](OC)NC1. The van der Waals surface area contributed by atoms with Crippen molar-refractivity contribution in [2.75, 3.05) is 20.8 Å². The first-order chi connectivity index (χ1) is 6.19. The van der Waals surface area contributed by atoms with Gasteiger partial charge in [0.05, 0.1) is 19.7 Å². The predicted octanol–water partition coefficient (Wildman–Crippen LogP) is 0.632. The van der Waals surface area contributed by atoms with E-state index in [9.17, 15) is 0 Å². The lowest BCUT2D eigenvalue weighted by Gasteiger charge is -2.31. The monoisotopic (exact) mass is 186 g/mol. The lowest BCUT2D eigenvalue weighted by atomic mass is 10.0. The van der Waals surface area contributed by atoms with Gasteiger partial charge in [0.25, 0.3) is 0 Å². The Bertz CT molecular complexity index is 192. The number of hydrogen-bond acceptors (Lipinski definition) is 4. The molecule has 13 heavy (non-hydrogen) atoms. The summed E-state index contributed by atoms with van der Waals surface area (Å²) < 4.78 is 10.4. The lowest BCUT2D eigenvalue weighted by molar-refractivity contribution is 0.0369.